The summed E-state index contributed by atoms with van der Waals surface area (Å²) in [5, 5.41) is 3.94. The van der Waals surface area contributed by atoms with E-state index in [0.29, 0.717) is 18.1 Å². The highest BCUT2D eigenvalue weighted by Gasteiger charge is 2.21. The molecular weight excluding hydrogens is 392 g/mol. The van der Waals surface area contributed by atoms with Crippen molar-refractivity contribution < 1.29 is 13.9 Å². The topological polar surface area (TPSA) is 63.8 Å². The number of nitrogens with one attached hydrogen (secondary N) is 1. The molecule has 3 aromatic rings. The minimum atomic E-state index is -0.212. The first-order valence-electron chi connectivity index (χ1n) is 8.96. The molecule has 7 heteroatoms. The maximum atomic E-state index is 12.9. The van der Waals surface area contributed by atoms with Gasteiger partial charge in [0.2, 0.25) is 0 Å². The summed E-state index contributed by atoms with van der Waals surface area (Å²) in [4.78, 5) is 17.4. The number of carbonyl (C=O) groups is 1. The van der Waals surface area contributed by atoms with E-state index in [-0.39, 0.29) is 5.91 Å². The highest BCUT2D eigenvalue weighted by atomic mass is 32.2. The van der Waals surface area contributed by atoms with Crippen molar-refractivity contribution in [2.45, 2.75) is 12.3 Å². The van der Waals surface area contributed by atoms with Crippen LogP contribution < -0.4 is 10.1 Å². The highest BCUT2D eigenvalue weighted by Crippen LogP contribution is 2.32. The fraction of sp³-hybridized carbons (Fsp3) is 0.238. The third-order valence-corrected chi connectivity index (χ3v) is 6.67. The van der Waals surface area contributed by atoms with E-state index in [1.54, 1.807) is 30.6 Å². The summed E-state index contributed by atoms with van der Waals surface area (Å²) >= 11 is 3.43. The van der Waals surface area contributed by atoms with Gasteiger partial charge < -0.3 is 14.5 Å². The Hall–Kier alpha value is -2.38. The van der Waals surface area contributed by atoms with Crippen LogP contribution in [0.25, 0.3) is 11.0 Å². The Morgan fingerprint density at radius 3 is 3.00 bits per heavy atom. The predicted molar refractivity (Wildman–Crippen MR) is 116 cm³/mol. The van der Waals surface area contributed by atoms with Gasteiger partial charge in [-0.25, -0.2) is 0 Å². The summed E-state index contributed by atoms with van der Waals surface area (Å²) in [6.07, 6.45) is 0. The van der Waals surface area contributed by atoms with Gasteiger partial charge in [-0.15, -0.1) is 0 Å². The first-order chi connectivity index (χ1) is 13.7. The van der Waals surface area contributed by atoms with Crippen molar-refractivity contribution in [3.63, 3.8) is 0 Å². The zero-order chi connectivity index (χ0) is 19.3. The van der Waals surface area contributed by atoms with Crippen LogP contribution in [0.1, 0.15) is 21.7 Å². The van der Waals surface area contributed by atoms with Crippen LogP contribution in [0.3, 0.4) is 0 Å². The van der Waals surface area contributed by atoms with E-state index in [2.05, 4.69) is 10.3 Å². The van der Waals surface area contributed by atoms with Crippen LogP contribution in [0.2, 0.25) is 0 Å². The number of rotatable bonds is 6. The largest absolute Gasteiger partial charge is 0.497 e. The number of amides is 1. The molecular formula is C21H20N2O3S2. The lowest BCUT2D eigenvalue weighted by Gasteiger charge is -2.07. The van der Waals surface area contributed by atoms with Gasteiger partial charge in [0, 0.05) is 29.0 Å². The molecule has 0 fully saturated rings. The number of hydrogen-bond donors (Lipinski definition) is 1. The Bertz CT molecular complexity index is 1030. The average molecular weight is 413 g/mol. The van der Waals surface area contributed by atoms with Gasteiger partial charge in [-0.2, -0.15) is 0 Å². The van der Waals surface area contributed by atoms with Crippen LogP contribution >= 0.6 is 23.5 Å². The molecule has 2 aromatic carbocycles. The number of aliphatic imine (C=N–C) groups is 1. The lowest BCUT2D eigenvalue weighted by Crippen LogP contribution is -2.23. The molecule has 2 heterocycles. The van der Waals surface area contributed by atoms with E-state index in [4.69, 9.17) is 9.15 Å². The first kappa shape index (κ1) is 19.0. The number of methoxy groups -OCH3 is 1. The minimum absolute atomic E-state index is 0.212. The molecule has 1 aromatic heterocycles. The van der Waals surface area contributed by atoms with Crippen LogP contribution in [0, 0.1) is 0 Å². The van der Waals surface area contributed by atoms with Crippen molar-refractivity contribution >= 4 is 44.8 Å². The number of benzene rings is 2. The Labute approximate surface area is 171 Å². The van der Waals surface area contributed by atoms with E-state index in [0.717, 1.165) is 44.5 Å². The smallest absolute Gasteiger partial charge is 0.287 e. The quantitative estimate of drug-likeness (QED) is 0.635. The maximum Gasteiger partial charge on any atom is 0.287 e. The molecule has 1 N–H and O–H groups in total. The van der Waals surface area contributed by atoms with E-state index < -0.39 is 0 Å². The van der Waals surface area contributed by atoms with Gasteiger partial charge >= 0.3 is 0 Å². The SMILES string of the molecule is COc1cccc(CNC(=O)c2oc3ccccc3c2CSC2=NCCS2)c1. The van der Waals surface area contributed by atoms with Gasteiger partial charge in [0.25, 0.3) is 5.91 Å². The van der Waals surface area contributed by atoms with Crippen LogP contribution in [-0.2, 0) is 12.3 Å². The molecule has 5 nitrogen and oxygen atoms in total. The van der Waals surface area contributed by atoms with Gasteiger partial charge in [0.15, 0.2) is 5.76 Å². The Balaban J connectivity index is 1.54. The van der Waals surface area contributed by atoms with Crippen molar-refractivity contribution in [3.05, 3.63) is 65.4 Å². The summed E-state index contributed by atoms with van der Waals surface area (Å²) in [6, 6.07) is 15.4. The molecule has 0 radical (unpaired) electrons. The summed E-state index contributed by atoms with van der Waals surface area (Å²) in [6.45, 7) is 1.27. The monoisotopic (exact) mass is 412 g/mol. The molecule has 1 aliphatic rings. The third-order valence-electron chi connectivity index (χ3n) is 4.39. The molecule has 0 saturated carbocycles. The van der Waals surface area contributed by atoms with Crippen LogP contribution in [0.4, 0.5) is 0 Å². The standard InChI is InChI=1S/C21H20N2O3S2/c1-25-15-6-4-5-14(11-15)12-23-20(24)19-17(13-28-21-22-9-10-27-21)16-7-2-3-8-18(16)26-19/h2-8,11H,9-10,12-13H2,1H3,(H,23,24). The van der Waals surface area contributed by atoms with Gasteiger partial charge in [0.05, 0.1) is 13.7 Å². The summed E-state index contributed by atoms with van der Waals surface area (Å²) in [5.41, 5.74) is 2.61. The second-order valence-electron chi connectivity index (χ2n) is 6.22. The summed E-state index contributed by atoms with van der Waals surface area (Å²) in [5.74, 6) is 2.62. The normalized spacial score (nSPS) is 13.5. The number of furan rings is 1. The third kappa shape index (κ3) is 4.20. The second kappa shape index (κ2) is 8.75. The summed E-state index contributed by atoms with van der Waals surface area (Å²) < 4.78 is 12.2. The number of carbonyl (C=O) groups excluding carboxylic acids is 1. The van der Waals surface area contributed by atoms with Crippen LogP contribution in [0.5, 0.6) is 5.75 Å². The van der Waals surface area contributed by atoms with E-state index >= 15 is 0 Å². The zero-order valence-electron chi connectivity index (χ0n) is 15.4. The molecule has 1 aliphatic heterocycles. The maximum absolute atomic E-state index is 12.9. The Kier molecular flexibility index (Phi) is 5.92. The van der Waals surface area contributed by atoms with Crippen molar-refractivity contribution in [2.24, 2.45) is 4.99 Å². The average Bonchev–Trinajstić information content (AvgIpc) is 3.38. The molecule has 0 saturated heterocycles. The number of hydrogen-bond acceptors (Lipinski definition) is 6. The van der Waals surface area contributed by atoms with E-state index in [1.807, 2.05) is 48.5 Å². The number of fused-ring (bicyclic) bond motifs is 1. The van der Waals surface area contributed by atoms with Gasteiger partial charge in [-0.1, -0.05) is 53.9 Å². The number of thioether (sulfide) groups is 2. The Morgan fingerprint density at radius 1 is 1.29 bits per heavy atom. The van der Waals surface area contributed by atoms with Crippen molar-refractivity contribution in [1.29, 1.82) is 0 Å². The number of nitrogens with zero attached hydrogens (tertiary/aromatic N) is 1. The number of ether oxygens (including phenoxy) is 1. The molecule has 0 bridgehead atoms. The van der Waals surface area contributed by atoms with E-state index in [9.17, 15) is 4.79 Å². The molecule has 0 unspecified atom stereocenters. The lowest BCUT2D eigenvalue weighted by molar-refractivity contribution is 0.0924. The lowest BCUT2D eigenvalue weighted by atomic mass is 10.1. The molecule has 0 atom stereocenters. The molecule has 4 rings (SSSR count). The van der Waals surface area contributed by atoms with E-state index in [1.165, 1.54) is 0 Å². The molecule has 1 amide bonds. The predicted octanol–water partition coefficient (Wildman–Crippen LogP) is 4.71. The zero-order valence-corrected chi connectivity index (χ0v) is 17.1. The minimum Gasteiger partial charge on any atom is -0.497 e. The fourth-order valence-corrected chi connectivity index (χ4v) is 5.04. The van der Waals surface area contributed by atoms with Crippen molar-refractivity contribution in [3.8, 4) is 5.75 Å². The molecule has 28 heavy (non-hydrogen) atoms. The van der Waals surface area contributed by atoms with Gasteiger partial charge in [0.1, 0.15) is 15.7 Å². The van der Waals surface area contributed by atoms with Crippen molar-refractivity contribution in [2.75, 3.05) is 19.4 Å². The number of para-hydroxylation sites is 1. The summed E-state index contributed by atoms with van der Waals surface area (Å²) in [7, 11) is 1.63. The molecule has 0 spiro atoms. The van der Waals surface area contributed by atoms with Gasteiger partial charge in [-0.05, 0) is 23.8 Å². The van der Waals surface area contributed by atoms with Crippen LogP contribution in [0.15, 0.2) is 57.9 Å². The first-order valence-corrected chi connectivity index (χ1v) is 10.9. The van der Waals surface area contributed by atoms with Crippen LogP contribution in [-0.4, -0.2) is 29.7 Å². The highest BCUT2D eigenvalue weighted by molar-refractivity contribution is 8.38. The van der Waals surface area contributed by atoms with Crippen molar-refractivity contribution in [1.82, 2.24) is 5.32 Å². The Morgan fingerprint density at radius 2 is 2.18 bits per heavy atom. The fourth-order valence-electron chi connectivity index (χ4n) is 3.01. The second-order valence-corrected chi connectivity index (χ2v) is 8.53. The molecule has 144 valence electrons. The molecule has 0 aliphatic carbocycles. The van der Waals surface area contributed by atoms with Gasteiger partial charge in [-0.3, -0.25) is 9.79 Å².